The highest BCUT2D eigenvalue weighted by atomic mass is 16.5. The van der Waals surface area contributed by atoms with Crippen molar-refractivity contribution in [1.82, 2.24) is 10.5 Å². The Morgan fingerprint density at radius 2 is 2.00 bits per heavy atom. The van der Waals surface area contributed by atoms with Crippen molar-refractivity contribution in [3.63, 3.8) is 0 Å². The van der Waals surface area contributed by atoms with E-state index < -0.39 is 5.41 Å². The second-order valence-corrected chi connectivity index (χ2v) is 5.48. The van der Waals surface area contributed by atoms with E-state index in [2.05, 4.69) is 15.8 Å². The van der Waals surface area contributed by atoms with Gasteiger partial charge >= 0.3 is 0 Å². The Labute approximate surface area is 123 Å². The van der Waals surface area contributed by atoms with E-state index in [1.165, 1.54) is 0 Å². The molecule has 5 heteroatoms. The summed E-state index contributed by atoms with van der Waals surface area (Å²) in [6.07, 6.45) is 1.55. The predicted octanol–water partition coefficient (Wildman–Crippen LogP) is 2.24. The third kappa shape index (κ3) is 2.69. The van der Waals surface area contributed by atoms with Gasteiger partial charge in [-0.15, -0.1) is 0 Å². The summed E-state index contributed by atoms with van der Waals surface area (Å²) in [6.45, 7) is 3.49. The van der Waals surface area contributed by atoms with Crippen molar-refractivity contribution in [2.45, 2.75) is 25.2 Å². The molecule has 0 aliphatic carbocycles. The number of aromatic nitrogens is 1. The molecule has 2 N–H and O–H groups in total. The number of anilines is 1. The van der Waals surface area contributed by atoms with Gasteiger partial charge in [-0.05, 0) is 38.4 Å². The minimum absolute atomic E-state index is 0.0219. The molecule has 2 heterocycles. The molecule has 3 rings (SSSR count). The Morgan fingerprint density at radius 1 is 1.29 bits per heavy atom. The summed E-state index contributed by atoms with van der Waals surface area (Å²) in [5.41, 5.74) is 1.30. The lowest BCUT2D eigenvalue weighted by Gasteiger charge is -2.36. The average molecular weight is 285 g/mol. The number of nitrogens with one attached hydrogen (secondary N) is 2. The van der Waals surface area contributed by atoms with Crippen molar-refractivity contribution in [3.05, 3.63) is 47.7 Å². The second kappa shape index (κ2) is 5.69. The molecule has 0 saturated carbocycles. The number of carbonyl (C=O) groups excluding carboxylic acids is 1. The summed E-state index contributed by atoms with van der Waals surface area (Å²) in [7, 11) is 0. The van der Waals surface area contributed by atoms with Crippen molar-refractivity contribution in [1.29, 1.82) is 0 Å². The molecule has 0 atom stereocenters. The van der Waals surface area contributed by atoms with Gasteiger partial charge < -0.3 is 9.84 Å². The van der Waals surface area contributed by atoms with Gasteiger partial charge in [-0.3, -0.25) is 10.1 Å². The molecule has 2 aromatic rings. The van der Waals surface area contributed by atoms with Gasteiger partial charge in [-0.2, -0.15) is 0 Å². The van der Waals surface area contributed by atoms with Gasteiger partial charge in [-0.25, -0.2) is 0 Å². The number of carbonyl (C=O) groups is 1. The third-order valence-electron chi connectivity index (χ3n) is 4.08. The first-order valence-electron chi connectivity index (χ1n) is 7.22. The van der Waals surface area contributed by atoms with E-state index in [1.54, 1.807) is 6.07 Å². The van der Waals surface area contributed by atoms with Crippen LogP contribution in [0, 0.1) is 6.92 Å². The smallest absolute Gasteiger partial charge is 0.237 e. The molecule has 0 radical (unpaired) electrons. The summed E-state index contributed by atoms with van der Waals surface area (Å²) < 4.78 is 5.11. The molecule has 5 nitrogen and oxygen atoms in total. The van der Waals surface area contributed by atoms with Crippen molar-refractivity contribution in [2.75, 3.05) is 18.4 Å². The van der Waals surface area contributed by atoms with Crippen LogP contribution in [0.2, 0.25) is 0 Å². The van der Waals surface area contributed by atoms with Crippen molar-refractivity contribution >= 4 is 11.8 Å². The lowest BCUT2D eigenvalue weighted by Crippen LogP contribution is -2.48. The largest absolute Gasteiger partial charge is 0.338 e. The summed E-state index contributed by atoms with van der Waals surface area (Å²) in [5, 5.41) is 10.0. The van der Waals surface area contributed by atoms with Gasteiger partial charge in [0.05, 0.1) is 11.1 Å². The normalized spacial score (nSPS) is 17.4. The Morgan fingerprint density at radius 3 is 2.62 bits per heavy atom. The zero-order valence-electron chi connectivity index (χ0n) is 12.1. The molecule has 1 aromatic carbocycles. The lowest BCUT2D eigenvalue weighted by molar-refractivity contribution is -0.122. The van der Waals surface area contributed by atoms with Crippen LogP contribution < -0.4 is 10.6 Å². The number of rotatable bonds is 3. The Kier molecular flexibility index (Phi) is 3.75. The first-order chi connectivity index (χ1) is 10.2. The van der Waals surface area contributed by atoms with Gasteiger partial charge in [0.15, 0.2) is 0 Å². The van der Waals surface area contributed by atoms with Gasteiger partial charge in [0.1, 0.15) is 0 Å². The zero-order chi connectivity index (χ0) is 14.7. The molecule has 1 aromatic heterocycles. The standard InChI is InChI=1S/C16H19N3O2/c1-12-11-14(21-19-12)18-15(20)16(7-9-17-10-8-16)13-5-3-2-4-6-13/h2-6,11,17H,7-10H2,1H3,(H,18,20). The number of benzene rings is 1. The summed E-state index contributed by atoms with van der Waals surface area (Å²) in [6, 6.07) is 11.7. The topological polar surface area (TPSA) is 67.2 Å². The minimum atomic E-state index is -0.507. The number of hydrogen-bond acceptors (Lipinski definition) is 4. The van der Waals surface area contributed by atoms with Gasteiger partial charge in [0.25, 0.3) is 0 Å². The van der Waals surface area contributed by atoms with Crippen LogP contribution in [0.25, 0.3) is 0 Å². The fourth-order valence-corrected chi connectivity index (χ4v) is 2.91. The van der Waals surface area contributed by atoms with Gasteiger partial charge in [0, 0.05) is 6.07 Å². The highest BCUT2D eigenvalue weighted by Gasteiger charge is 2.41. The molecule has 0 spiro atoms. The maximum atomic E-state index is 12.9. The minimum Gasteiger partial charge on any atom is -0.338 e. The average Bonchev–Trinajstić information content (AvgIpc) is 2.94. The number of piperidine rings is 1. The molecule has 21 heavy (non-hydrogen) atoms. The van der Waals surface area contributed by atoms with Gasteiger partial charge in [-0.1, -0.05) is 35.5 Å². The van der Waals surface area contributed by atoms with E-state index in [0.29, 0.717) is 5.88 Å². The summed E-state index contributed by atoms with van der Waals surface area (Å²) >= 11 is 0. The third-order valence-corrected chi connectivity index (χ3v) is 4.08. The van der Waals surface area contributed by atoms with Crippen LogP contribution in [0.5, 0.6) is 0 Å². The molecule has 0 unspecified atom stereocenters. The SMILES string of the molecule is Cc1cc(NC(=O)C2(c3ccccc3)CCNCC2)on1. The second-order valence-electron chi connectivity index (χ2n) is 5.48. The fraction of sp³-hybridized carbons (Fsp3) is 0.375. The molecule has 0 bridgehead atoms. The maximum Gasteiger partial charge on any atom is 0.237 e. The van der Waals surface area contributed by atoms with Crippen molar-refractivity contribution in [2.24, 2.45) is 0 Å². The van der Waals surface area contributed by atoms with E-state index in [-0.39, 0.29) is 5.91 Å². The monoisotopic (exact) mass is 285 g/mol. The van der Waals surface area contributed by atoms with Crippen LogP contribution in [-0.2, 0) is 10.2 Å². The van der Waals surface area contributed by atoms with Crippen LogP contribution in [0.15, 0.2) is 40.9 Å². The number of hydrogen-bond donors (Lipinski definition) is 2. The van der Waals surface area contributed by atoms with Gasteiger partial charge in [0.2, 0.25) is 11.8 Å². The molecule has 1 aliphatic rings. The van der Waals surface area contributed by atoms with E-state index in [9.17, 15) is 4.79 Å². The highest BCUT2D eigenvalue weighted by Crippen LogP contribution is 2.34. The number of amides is 1. The molecular weight excluding hydrogens is 266 g/mol. The first-order valence-corrected chi connectivity index (χ1v) is 7.22. The van der Waals surface area contributed by atoms with Crippen LogP contribution >= 0.6 is 0 Å². The maximum absolute atomic E-state index is 12.9. The molecule has 1 fully saturated rings. The van der Waals surface area contributed by atoms with E-state index in [0.717, 1.165) is 37.2 Å². The van der Waals surface area contributed by atoms with E-state index >= 15 is 0 Å². The van der Waals surface area contributed by atoms with E-state index in [1.807, 2.05) is 37.3 Å². The molecule has 110 valence electrons. The summed E-state index contributed by atoms with van der Waals surface area (Å²) in [4.78, 5) is 12.9. The summed E-state index contributed by atoms with van der Waals surface area (Å²) in [5.74, 6) is 0.387. The fourth-order valence-electron chi connectivity index (χ4n) is 2.91. The quantitative estimate of drug-likeness (QED) is 0.907. The molecule has 1 aliphatic heterocycles. The lowest BCUT2D eigenvalue weighted by atomic mass is 9.72. The Hall–Kier alpha value is -2.14. The molecule has 1 amide bonds. The van der Waals surface area contributed by atoms with Crippen molar-refractivity contribution in [3.8, 4) is 0 Å². The molecule has 1 saturated heterocycles. The van der Waals surface area contributed by atoms with E-state index in [4.69, 9.17) is 4.52 Å². The van der Waals surface area contributed by atoms with Crippen LogP contribution in [-0.4, -0.2) is 24.2 Å². The predicted molar refractivity (Wildman–Crippen MR) is 80.1 cm³/mol. The number of aryl methyl sites for hydroxylation is 1. The van der Waals surface area contributed by atoms with Crippen LogP contribution in [0.3, 0.4) is 0 Å². The molecular formula is C16H19N3O2. The first kappa shape index (κ1) is 13.8. The Balaban J connectivity index is 1.90. The van der Waals surface area contributed by atoms with Crippen LogP contribution in [0.1, 0.15) is 24.1 Å². The zero-order valence-corrected chi connectivity index (χ0v) is 12.1. The highest BCUT2D eigenvalue weighted by molar-refractivity contribution is 5.98. The van der Waals surface area contributed by atoms with Crippen LogP contribution in [0.4, 0.5) is 5.88 Å². The number of nitrogens with zero attached hydrogens (tertiary/aromatic N) is 1. The van der Waals surface area contributed by atoms with Crippen molar-refractivity contribution < 1.29 is 9.32 Å². The Bertz CT molecular complexity index is 615.